The maximum atomic E-state index is 10.9. The van der Waals surface area contributed by atoms with E-state index < -0.39 is 20.4 Å². The maximum Gasteiger partial charge on any atom is 0.303 e. The van der Waals surface area contributed by atoms with E-state index in [0.717, 1.165) is 58.0 Å². The largest absolute Gasteiger partial charge is 0.481 e. The zero-order chi connectivity index (χ0) is 24.5. The van der Waals surface area contributed by atoms with Crippen LogP contribution in [0.4, 0.5) is 0 Å². The van der Waals surface area contributed by atoms with Crippen LogP contribution in [-0.4, -0.2) is 56.2 Å². The number of ether oxygens (including phenoxy) is 2. The average molecular weight is 485 g/mol. The molecule has 2 fully saturated rings. The molecule has 33 heavy (non-hydrogen) atoms. The van der Waals surface area contributed by atoms with Crippen molar-refractivity contribution in [3.63, 3.8) is 0 Å². The van der Waals surface area contributed by atoms with Crippen molar-refractivity contribution in [2.45, 2.75) is 122 Å². The van der Waals surface area contributed by atoms with Gasteiger partial charge in [0.05, 0.1) is 12.2 Å². The smallest absolute Gasteiger partial charge is 0.303 e. The third-order valence-electron chi connectivity index (χ3n) is 7.74. The van der Waals surface area contributed by atoms with Gasteiger partial charge in [-0.3, -0.25) is 4.79 Å². The van der Waals surface area contributed by atoms with Crippen LogP contribution in [0.25, 0.3) is 0 Å². The Kier molecular flexibility index (Phi) is 11.6. The first-order chi connectivity index (χ1) is 15.5. The highest BCUT2D eigenvalue weighted by molar-refractivity contribution is 6.74. The minimum atomic E-state index is -1.90. The van der Waals surface area contributed by atoms with E-state index in [1.54, 1.807) is 0 Å². The number of rotatable bonds is 13. The normalized spacial score (nSPS) is 29.1. The number of carbonyl (C=O) groups is 1. The van der Waals surface area contributed by atoms with Gasteiger partial charge in [0.15, 0.2) is 14.6 Å². The summed E-state index contributed by atoms with van der Waals surface area (Å²) in [5, 5.41) is 19.8. The minimum Gasteiger partial charge on any atom is -0.481 e. The summed E-state index contributed by atoms with van der Waals surface area (Å²) in [4.78, 5) is 10.6. The molecule has 2 aliphatic rings. The Hall–Kier alpha value is -0.733. The molecule has 6 nitrogen and oxygen atoms in total. The molecule has 192 valence electrons. The number of aliphatic hydroxyl groups is 1. The van der Waals surface area contributed by atoms with Crippen molar-refractivity contribution in [2.75, 3.05) is 13.2 Å². The molecule has 0 amide bonds. The van der Waals surface area contributed by atoms with Gasteiger partial charge >= 0.3 is 5.97 Å². The predicted molar refractivity (Wildman–Crippen MR) is 134 cm³/mol. The Labute approximate surface area is 202 Å². The molecule has 0 aromatic rings. The summed E-state index contributed by atoms with van der Waals surface area (Å²) >= 11 is 0. The van der Waals surface area contributed by atoms with Crippen LogP contribution >= 0.6 is 0 Å². The molecule has 0 spiro atoms. The molecule has 1 heterocycles. The Morgan fingerprint density at radius 1 is 1.12 bits per heavy atom. The van der Waals surface area contributed by atoms with Crippen molar-refractivity contribution in [3.05, 3.63) is 12.2 Å². The number of allylic oxidation sites excluding steroid dienone is 2. The summed E-state index contributed by atoms with van der Waals surface area (Å²) in [6.45, 7) is 12.7. The molecular formula is C26H48O6Si. The van der Waals surface area contributed by atoms with Crippen molar-refractivity contribution in [1.82, 2.24) is 0 Å². The van der Waals surface area contributed by atoms with Gasteiger partial charge in [-0.2, -0.15) is 0 Å². The number of hydrogen-bond donors (Lipinski definition) is 2. The number of unbranched alkanes of at least 4 members (excludes halogenated alkanes) is 3. The van der Waals surface area contributed by atoms with Gasteiger partial charge in [0, 0.05) is 32.0 Å². The molecule has 2 N–H and O–H groups in total. The highest BCUT2D eigenvalue weighted by Crippen LogP contribution is 2.42. The second kappa shape index (κ2) is 13.4. The van der Waals surface area contributed by atoms with Crippen LogP contribution in [0.1, 0.15) is 85.0 Å². The molecule has 0 aromatic carbocycles. The standard InChI is InChI=1S/C26H48O6Si/c1-26(2,3)33(4,5)31-19-21-20(14-10-8-6-7-9-11-15-24(28)29)22(27)18-23(21)32-25-16-12-13-17-30-25/h8,10,20-23,25,27H,6-7,9,11-19H2,1-5H3,(H,28,29)/b10-8-/t20?,21-,22?,23?,25?/m1/s1. The molecule has 4 unspecified atom stereocenters. The Morgan fingerprint density at radius 2 is 1.88 bits per heavy atom. The number of aliphatic hydroxyl groups excluding tert-OH is 1. The van der Waals surface area contributed by atoms with Crippen LogP contribution in [0.2, 0.25) is 18.1 Å². The van der Waals surface area contributed by atoms with Crippen LogP contribution in [0, 0.1) is 11.8 Å². The van der Waals surface area contributed by atoms with Gasteiger partial charge in [0.2, 0.25) is 0 Å². The summed E-state index contributed by atoms with van der Waals surface area (Å²) in [7, 11) is -1.90. The van der Waals surface area contributed by atoms with Crippen LogP contribution in [-0.2, 0) is 18.7 Å². The molecule has 1 saturated carbocycles. The van der Waals surface area contributed by atoms with E-state index in [9.17, 15) is 9.90 Å². The summed E-state index contributed by atoms with van der Waals surface area (Å²) in [5.41, 5.74) is 0. The van der Waals surface area contributed by atoms with Gasteiger partial charge in [0.25, 0.3) is 0 Å². The van der Waals surface area contributed by atoms with Gasteiger partial charge in [-0.1, -0.05) is 39.3 Å². The topological polar surface area (TPSA) is 85.2 Å². The fraction of sp³-hybridized carbons (Fsp3) is 0.885. The van der Waals surface area contributed by atoms with Crippen molar-refractivity contribution < 1.29 is 28.9 Å². The number of carboxylic acid groups (broad SMARTS) is 1. The zero-order valence-corrected chi connectivity index (χ0v) is 22.6. The van der Waals surface area contributed by atoms with Crippen LogP contribution in [0.3, 0.4) is 0 Å². The molecule has 0 aromatic heterocycles. The van der Waals surface area contributed by atoms with Gasteiger partial charge < -0.3 is 24.1 Å². The number of carboxylic acids is 1. The fourth-order valence-corrected chi connectivity index (χ4v) is 5.53. The van der Waals surface area contributed by atoms with Gasteiger partial charge in [-0.25, -0.2) is 0 Å². The Morgan fingerprint density at radius 3 is 2.52 bits per heavy atom. The lowest BCUT2D eigenvalue weighted by Gasteiger charge is -2.38. The van der Waals surface area contributed by atoms with Gasteiger partial charge in [-0.15, -0.1) is 0 Å². The first-order valence-corrected chi connectivity index (χ1v) is 15.9. The van der Waals surface area contributed by atoms with E-state index in [-0.39, 0.29) is 35.7 Å². The SMILES string of the molecule is CC(C)(C)[Si](C)(C)OC[C@H]1C(OC2CCCCO2)CC(O)C1C/C=C\CCCCCC(=O)O. The third-order valence-corrected chi connectivity index (χ3v) is 12.2. The highest BCUT2D eigenvalue weighted by atomic mass is 28.4. The van der Waals surface area contributed by atoms with Crippen molar-refractivity contribution >= 4 is 14.3 Å². The molecule has 5 atom stereocenters. The molecule has 7 heteroatoms. The van der Waals surface area contributed by atoms with Crippen molar-refractivity contribution in [3.8, 4) is 0 Å². The first-order valence-electron chi connectivity index (χ1n) is 13.0. The second-order valence-electron chi connectivity index (χ2n) is 11.4. The molecule has 0 radical (unpaired) electrons. The molecule has 1 aliphatic heterocycles. The molecule has 1 saturated heterocycles. The quantitative estimate of drug-likeness (QED) is 0.192. The summed E-state index contributed by atoms with van der Waals surface area (Å²) in [6, 6.07) is 0. The molecule has 2 rings (SSSR count). The molecule has 0 bridgehead atoms. The second-order valence-corrected chi connectivity index (χ2v) is 16.2. The number of hydrogen-bond acceptors (Lipinski definition) is 5. The lowest BCUT2D eigenvalue weighted by atomic mass is 9.91. The van der Waals surface area contributed by atoms with E-state index in [1.165, 1.54) is 0 Å². The van der Waals surface area contributed by atoms with Gasteiger partial charge in [-0.05, 0) is 69.0 Å². The predicted octanol–water partition coefficient (Wildman–Crippen LogP) is 5.90. The minimum absolute atomic E-state index is 0.0395. The van der Waals surface area contributed by atoms with E-state index in [2.05, 4.69) is 46.0 Å². The van der Waals surface area contributed by atoms with E-state index in [4.69, 9.17) is 19.0 Å². The Bertz CT molecular complexity index is 608. The first kappa shape index (κ1) is 28.5. The molecular weight excluding hydrogens is 436 g/mol. The van der Waals surface area contributed by atoms with Crippen LogP contribution in [0.5, 0.6) is 0 Å². The van der Waals surface area contributed by atoms with E-state index in [1.807, 2.05) is 0 Å². The van der Waals surface area contributed by atoms with E-state index >= 15 is 0 Å². The maximum absolute atomic E-state index is 10.9. The summed E-state index contributed by atoms with van der Waals surface area (Å²) < 4.78 is 18.8. The zero-order valence-electron chi connectivity index (χ0n) is 21.6. The van der Waals surface area contributed by atoms with Crippen molar-refractivity contribution in [1.29, 1.82) is 0 Å². The lowest BCUT2D eigenvalue weighted by molar-refractivity contribution is -0.197. The molecule has 1 aliphatic carbocycles. The lowest BCUT2D eigenvalue weighted by Crippen LogP contribution is -2.44. The van der Waals surface area contributed by atoms with Crippen molar-refractivity contribution in [2.24, 2.45) is 11.8 Å². The average Bonchev–Trinajstić information content (AvgIpc) is 3.02. The van der Waals surface area contributed by atoms with Crippen LogP contribution < -0.4 is 0 Å². The Balaban J connectivity index is 1.94. The summed E-state index contributed by atoms with van der Waals surface area (Å²) in [5.74, 6) is -0.450. The van der Waals surface area contributed by atoms with Crippen LogP contribution in [0.15, 0.2) is 12.2 Å². The summed E-state index contributed by atoms with van der Waals surface area (Å²) in [6.07, 6.45) is 12.2. The third kappa shape index (κ3) is 9.44. The highest BCUT2D eigenvalue weighted by Gasteiger charge is 2.46. The van der Waals surface area contributed by atoms with Gasteiger partial charge in [0.1, 0.15) is 0 Å². The van der Waals surface area contributed by atoms with E-state index in [0.29, 0.717) is 13.0 Å². The monoisotopic (exact) mass is 484 g/mol. The number of aliphatic carboxylic acids is 1. The fourth-order valence-electron chi connectivity index (χ4n) is 4.49.